The Labute approximate surface area is 121 Å². The molecule has 0 N–H and O–H groups in total. The van der Waals surface area contributed by atoms with Gasteiger partial charge in [-0.25, -0.2) is 0 Å². The molecule has 0 bridgehead atoms. The number of carbonyl (C=O) groups excluding carboxylic acids is 2. The monoisotopic (exact) mass is 356 g/mol. The van der Waals surface area contributed by atoms with Crippen LogP contribution in [0.25, 0.3) is 0 Å². The van der Waals surface area contributed by atoms with E-state index in [1.54, 1.807) is 0 Å². The van der Waals surface area contributed by atoms with Crippen molar-refractivity contribution in [3.63, 3.8) is 0 Å². The second-order valence-corrected chi connectivity index (χ2v) is 4.89. The van der Waals surface area contributed by atoms with Crippen LogP contribution in [0, 0.1) is 0 Å². The van der Waals surface area contributed by atoms with Crippen LogP contribution < -0.4 is 0 Å². The highest BCUT2D eigenvalue weighted by atomic mass is 79.9. The Hall–Kier alpha value is -1.51. The molecule has 1 aromatic rings. The maximum atomic E-state index is 12.5. The lowest BCUT2D eigenvalue weighted by molar-refractivity contribution is -0.146. The Kier molecular flexibility index (Phi) is 5.21. The van der Waals surface area contributed by atoms with Gasteiger partial charge in [-0.05, 0) is 22.0 Å². The molecule has 0 unspecified atom stereocenters. The molecule has 0 aliphatic heterocycles. The summed E-state index contributed by atoms with van der Waals surface area (Å²) in [4.78, 5) is 25.1. The molecule has 5 nitrogen and oxygen atoms in total. The highest BCUT2D eigenvalue weighted by Crippen LogP contribution is 2.22. The fourth-order valence-electron chi connectivity index (χ4n) is 1.34. The SMILES string of the molecule is CN(C)C(=O)CN(CC(F)(F)F)C(=O)c1ccoc1Br. The first-order valence-electron chi connectivity index (χ1n) is 5.41. The predicted molar refractivity (Wildman–Crippen MR) is 67.1 cm³/mol. The number of likely N-dealkylation sites (N-methyl/N-ethyl adjacent to an activating group) is 1. The lowest BCUT2D eigenvalue weighted by Crippen LogP contribution is -2.44. The highest BCUT2D eigenvalue weighted by molar-refractivity contribution is 9.10. The van der Waals surface area contributed by atoms with E-state index in [9.17, 15) is 22.8 Å². The van der Waals surface area contributed by atoms with E-state index in [1.165, 1.54) is 20.2 Å². The van der Waals surface area contributed by atoms with Crippen LogP contribution in [0.3, 0.4) is 0 Å². The van der Waals surface area contributed by atoms with Crippen molar-refractivity contribution in [2.45, 2.75) is 6.18 Å². The lowest BCUT2D eigenvalue weighted by atomic mass is 10.3. The van der Waals surface area contributed by atoms with Crippen molar-refractivity contribution < 1.29 is 27.2 Å². The molecule has 1 rings (SSSR count). The van der Waals surface area contributed by atoms with Gasteiger partial charge in [-0.1, -0.05) is 0 Å². The zero-order valence-corrected chi connectivity index (χ0v) is 12.3. The van der Waals surface area contributed by atoms with Gasteiger partial charge in [0.05, 0.1) is 11.8 Å². The van der Waals surface area contributed by atoms with Gasteiger partial charge in [-0.2, -0.15) is 13.2 Å². The second-order valence-electron chi connectivity index (χ2n) is 4.17. The van der Waals surface area contributed by atoms with Gasteiger partial charge >= 0.3 is 6.18 Å². The fourth-order valence-corrected chi connectivity index (χ4v) is 1.75. The zero-order chi connectivity index (χ0) is 15.5. The maximum Gasteiger partial charge on any atom is 0.406 e. The number of nitrogens with zero attached hydrogens (tertiary/aromatic N) is 2. The van der Waals surface area contributed by atoms with Gasteiger partial charge in [0.2, 0.25) is 5.91 Å². The molecule has 1 heterocycles. The number of halogens is 4. The van der Waals surface area contributed by atoms with Gasteiger partial charge in [0.15, 0.2) is 4.67 Å². The van der Waals surface area contributed by atoms with Crippen LogP contribution in [-0.4, -0.2) is 55.0 Å². The fraction of sp³-hybridized carbons (Fsp3) is 0.455. The number of amides is 2. The molecule has 0 aliphatic carbocycles. The maximum absolute atomic E-state index is 12.5. The lowest BCUT2D eigenvalue weighted by Gasteiger charge is -2.24. The zero-order valence-electron chi connectivity index (χ0n) is 10.7. The summed E-state index contributed by atoms with van der Waals surface area (Å²) in [5.41, 5.74) is -0.0687. The van der Waals surface area contributed by atoms with Crippen molar-refractivity contribution in [3.8, 4) is 0 Å². The van der Waals surface area contributed by atoms with Crippen molar-refractivity contribution in [2.24, 2.45) is 0 Å². The molecular formula is C11H12BrF3N2O3. The Morgan fingerprint density at radius 3 is 2.35 bits per heavy atom. The topological polar surface area (TPSA) is 53.8 Å². The van der Waals surface area contributed by atoms with E-state index in [4.69, 9.17) is 4.42 Å². The van der Waals surface area contributed by atoms with Gasteiger partial charge in [0.1, 0.15) is 13.1 Å². The van der Waals surface area contributed by atoms with Crippen LogP contribution in [0.15, 0.2) is 21.4 Å². The van der Waals surface area contributed by atoms with Crippen LogP contribution >= 0.6 is 15.9 Å². The molecule has 0 atom stereocenters. The smallest absolute Gasteiger partial charge is 0.406 e. The number of furan rings is 1. The van der Waals surface area contributed by atoms with E-state index < -0.39 is 31.1 Å². The summed E-state index contributed by atoms with van der Waals surface area (Å²) < 4.78 is 42.3. The third kappa shape index (κ3) is 4.55. The molecule has 2 amide bonds. The van der Waals surface area contributed by atoms with Crippen molar-refractivity contribution in [1.29, 1.82) is 0 Å². The van der Waals surface area contributed by atoms with E-state index in [0.29, 0.717) is 4.90 Å². The highest BCUT2D eigenvalue weighted by Gasteiger charge is 2.35. The third-order valence-corrected chi connectivity index (χ3v) is 2.94. The van der Waals surface area contributed by atoms with Gasteiger partial charge in [0, 0.05) is 14.1 Å². The Balaban J connectivity index is 2.95. The molecule has 0 radical (unpaired) electrons. The minimum Gasteiger partial charge on any atom is -0.457 e. The van der Waals surface area contributed by atoms with Crippen molar-refractivity contribution >= 4 is 27.7 Å². The van der Waals surface area contributed by atoms with Crippen LogP contribution in [0.1, 0.15) is 10.4 Å². The third-order valence-electron chi connectivity index (χ3n) is 2.33. The van der Waals surface area contributed by atoms with Gasteiger partial charge < -0.3 is 14.2 Å². The van der Waals surface area contributed by atoms with Gasteiger partial charge in [-0.15, -0.1) is 0 Å². The molecule has 9 heteroatoms. The molecule has 0 aromatic carbocycles. The van der Waals surface area contributed by atoms with E-state index >= 15 is 0 Å². The first-order valence-corrected chi connectivity index (χ1v) is 6.20. The number of hydrogen-bond donors (Lipinski definition) is 0. The largest absolute Gasteiger partial charge is 0.457 e. The van der Waals surface area contributed by atoms with E-state index in [-0.39, 0.29) is 10.2 Å². The molecule has 112 valence electrons. The Morgan fingerprint density at radius 1 is 1.35 bits per heavy atom. The molecule has 0 aliphatic rings. The van der Waals surface area contributed by atoms with Crippen LogP contribution in [-0.2, 0) is 4.79 Å². The molecule has 0 saturated heterocycles. The normalized spacial score (nSPS) is 11.3. The average molecular weight is 357 g/mol. The molecule has 0 fully saturated rings. The summed E-state index contributed by atoms with van der Waals surface area (Å²) >= 11 is 2.92. The summed E-state index contributed by atoms with van der Waals surface area (Å²) in [6.07, 6.45) is -3.44. The Morgan fingerprint density at radius 2 is 1.95 bits per heavy atom. The summed E-state index contributed by atoms with van der Waals surface area (Å²) in [5.74, 6) is -1.54. The first-order chi connectivity index (χ1) is 9.11. The number of carbonyl (C=O) groups is 2. The summed E-state index contributed by atoms with van der Waals surface area (Å²) in [6.45, 7) is -2.17. The molecule has 20 heavy (non-hydrogen) atoms. The van der Waals surface area contributed by atoms with E-state index in [1.807, 2.05) is 0 Å². The molecular weight excluding hydrogens is 345 g/mol. The van der Waals surface area contributed by atoms with Crippen molar-refractivity contribution in [2.75, 3.05) is 27.2 Å². The van der Waals surface area contributed by atoms with E-state index in [2.05, 4.69) is 15.9 Å². The average Bonchev–Trinajstić information content (AvgIpc) is 2.71. The van der Waals surface area contributed by atoms with Crippen LogP contribution in [0.5, 0.6) is 0 Å². The molecule has 0 saturated carbocycles. The second kappa shape index (κ2) is 6.29. The predicted octanol–water partition coefficient (Wildman–Crippen LogP) is 2.13. The number of hydrogen-bond acceptors (Lipinski definition) is 3. The van der Waals surface area contributed by atoms with Gasteiger partial charge in [-0.3, -0.25) is 9.59 Å². The Bertz CT molecular complexity index is 499. The minimum absolute atomic E-state index is 0.0203. The van der Waals surface area contributed by atoms with Crippen molar-refractivity contribution in [3.05, 3.63) is 22.6 Å². The van der Waals surface area contributed by atoms with Crippen LogP contribution in [0.4, 0.5) is 13.2 Å². The summed E-state index contributed by atoms with van der Waals surface area (Å²) in [5, 5.41) is 0. The summed E-state index contributed by atoms with van der Waals surface area (Å²) in [7, 11) is 2.79. The standard InChI is InChI=1S/C11H12BrF3N2O3/c1-16(2)8(18)5-17(6-11(13,14)15)10(19)7-3-4-20-9(7)12/h3-4H,5-6H2,1-2H3. The molecule has 1 aromatic heterocycles. The minimum atomic E-state index is -4.60. The molecule has 0 spiro atoms. The van der Waals surface area contributed by atoms with Crippen molar-refractivity contribution in [1.82, 2.24) is 9.80 Å². The van der Waals surface area contributed by atoms with Gasteiger partial charge in [0.25, 0.3) is 5.91 Å². The first kappa shape index (κ1) is 16.5. The number of alkyl halides is 3. The van der Waals surface area contributed by atoms with E-state index in [0.717, 1.165) is 11.2 Å². The number of rotatable bonds is 4. The summed E-state index contributed by atoms with van der Waals surface area (Å²) in [6, 6.07) is 1.23. The quantitative estimate of drug-likeness (QED) is 0.830. The van der Waals surface area contributed by atoms with Crippen LogP contribution in [0.2, 0.25) is 0 Å².